The Kier molecular flexibility index (Phi) is 34.3. The minimum Gasteiger partial charge on any atom is -0.481 e. The summed E-state index contributed by atoms with van der Waals surface area (Å²) >= 11 is 0. The van der Waals surface area contributed by atoms with Crippen molar-refractivity contribution in [3.63, 3.8) is 0 Å². The van der Waals surface area contributed by atoms with Crippen LogP contribution in [0.15, 0.2) is 48.5 Å². The number of aliphatic carboxylic acids is 2. The quantitative estimate of drug-likeness (QED) is 0.0156. The van der Waals surface area contributed by atoms with E-state index in [4.69, 9.17) is 6.11 Å². The molecule has 8 amide bonds. The van der Waals surface area contributed by atoms with Gasteiger partial charge < -0.3 is 41.0 Å². The summed E-state index contributed by atoms with van der Waals surface area (Å²) in [6.45, 7) is 23.6. The lowest BCUT2D eigenvalue weighted by atomic mass is 9.80. The van der Waals surface area contributed by atoms with Crippen LogP contribution in [0, 0.1) is 58.2 Å². The van der Waals surface area contributed by atoms with Gasteiger partial charge >= 0.3 is 17.9 Å². The van der Waals surface area contributed by atoms with Gasteiger partial charge in [-0.2, -0.15) is 0 Å². The van der Waals surface area contributed by atoms with Gasteiger partial charge in [0.05, 0.1) is 23.9 Å². The highest BCUT2D eigenvalue weighted by atomic mass is 16.5. The number of unbranched alkanes of at least 4 members (excludes halogenated alkanes) is 2. The summed E-state index contributed by atoms with van der Waals surface area (Å²) < 4.78 is 16.4. The van der Waals surface area contributed by atoms with Crippen molar-refractivity contribution >= 4 is 106 Å². The molecule has 2 fully saturated rings. The number of hydrogen-bond donors (Lipinski definition) is 6. The number of carboxylic acid groups (broad SMARTS) is 2. The van der Waals surface area contributed by atoms with Crippen LogP contribution in [0.3, 0.4) is 0 Å². The fourth-order valence-electron chi connectivity index (χ4n) is 11.7. The van der Waals surface area contributed by atoms with Crippen molar-refractivity contribution in [1.29, 1.82) is 0 Å². The Hall–Kier alpha value is -8.84. The molecule has 4 rings (SSSR count). The van der Waals surface area contributed by atoms with Gasteiger partial charge in [-0.15, -0.1) is 0 Å². The molecule has 26 nitrogen and oxygen atoms in total. The van der Waals surface area contributed by atoms with Gasteiger partial charge in [0.25, 0.3) is 6.45 Å². The second-order valence-corrected chi connectivity index (χ2v) is 29.3. The van der Waals surface area contributed by atoms with E-state index in [1.807, 2.05) is 69.2 Å². The minimum atomic E-state index is -1.18. The van der Waals surface area contributed by atoms with Gasteiger partial charge in [0.2, 0.25) is 47.3 Å². The predicted octanol–water partition coefficient (Wildman–Crippen LogP) is 8.91. The lowest BCUT2D eigenvalue weighted by molar-refractivity contribution is -0.143. The van der Waals surface area contributed by atoms with Crippen molar-refractivity contribution in [3.8, 4) is 0 Å². The Morgan fingerprint density at radius 3 is 1.28 bits per heavy atom. The number of ketones is 4. The van der Waals surface area contributed by atoms with Crippen LogP contribution in [0.1, 0.15) is 212 Å². The molecule has 2 heterocycles. The van der Waals surface area contributed by atoms with E-state index in [9.17, 15) is 86.9 Å². The molecular formula is C74H106N6O20. The summed E-state index contributed by atoms with van der Waals surface area (Å²) in [5.41, 5.74) is 1.36. The number of Topliss-reactive ketones (excluding diaryl/α,β-unsaturated/α-hetero) is 4. The SMILES string of the molecule is CC(=O)OCc1ccc(NC(=O)[C@H](CCC(=O)O)CC(=O)[C@H](C)NC(=O)[C@H](CC(=O)CCCCCN2C(=O)CC(C(C)(C)C)C2=O)CC(C)C)cc1.[2H]C(=O)OCc1ccc(NC(=O)[C@H](CCC(=O)O)CC(=O)[C@H](C)NC(=O)[C@H](CC(=O)CCN2C(=O)CC(C(C)(C)C)C2=O)CC(C)C)cc1. The molecule has 2 aliphatic heterocycles. The summed E-state index contributed by atoms with van der Waals surface area (Å²) in [5.74, 6) is -11.1. The fraction of sp³-hybridized carbons (Fsp3) is 0.622. The van der Waals surface area contributed by atoms with Crippen LogP contribution in [-0.2, 0) is 99.4 Å². The first-order valence-electron chi connectivity index (χ1n) is 34.9. The maximum Gasteiger partial charge on any atom is 0.303 e. The van der Waals surface area contributed by atoms with E-state index in [0.29, 0.717) is 61.2 Å². The number of benzene rings is 2. The first-order chi connectivity index (χ1) is 47.1. The number of carbonyl (C=O) groups is 16. The van der Waals surface area contributed by atoms with Gasteiger partial charge in [-0.05, 0) is 110 Å². The molecule has 2 unspecified atom stereocenters. The zero-order chi connectivity index (χ0) is 76.2. The summed E-state index contributed by atoms with van der Waals surface area (Å²) in [6, 6.07) is 10.7. The number of rotatable bonds is 41. The number of anilines is 2. The summed E-state index contributed by atoms with van der Waals surface area (Å²) in [7, 11) is 0. The Morgan fingerprint density at radius 1 is 0.530 bits per heavy atom. The number of nitrogens with zero attached hydrogens (tertiary/aromatic N) is 2. The average Bonchev–Trinajstić information content (AvgIpc) is 1.67. The van der Waals surface area contributed by atoms with Crippen molar-refractivity contribution in [1.82, 2.24) is 20.4 Å². The Balaban J connectivity index is 0.000000526. The molecule has 2 aromatic rings. The molecule has 26 heteroatoms. The molecule has 100 heavy (non-hydrogen) atoms. The molecule has 6 N–H and O–H groups in total. The van der Waals surface area contributed by atoms with Gasteiger partial charge in [0.15, 0.2) is 12.9 Å². The number of imide groups is 2. The lowest BCUT2D eigenvalue weighted by Crippen LogP contribution is -2.43. The number of ether oxygens (including phenoxy) is 2. The van der Waals surface area contributed by atoms with Crippen molar-refractivity contribution in [2.75, 3.05) is 23.7 Å². The molecule has 2 saturated heterocycles. The molecule has 0 aromatic heterocycles. The molecule has 0 radical (unpaired) electrons. The second-order valence-electron chi connectivity index (χ2n) is 29.3. The monoisotopic (exact) mass is 1400 g/mol. The van der Waals surface area contributed by atoms with Crippen molar-refractivity contribution in [2.45, 2.75) is 224 Å². The van der Waals surface area contributed by atoms with Crippen molar-refractivity contribution < 1.29 is 97.8 Å². The number of esters is 1. The number of hydrogen-bond acceptors (Lipinski definition) is 18. The first kappa shape index (κ1) is 83.6. The standard InChI is InChI=1S/C39H57N3O10.C35H49N3O10/c1-24(2)19-29(20-31(44)11-9-8-10-18-42-34(46)22-32(38(42)51)39(5,6)7)37(50)40-25(3)33(45)21-28(14-17-35(47)48)36(49)41-30-15-12-27(13-16-30)23-52-26(4)43;1-21(2)15-25(16-27(40)13-14-38-30(42)18-28(34(38)47)35(4,5)6)33(46)36-22(3)29(41)17-24(9-12-31(43)44)32(45)37-26-10-7-23(8-11-26)19-48-20-39/h12-13,15-16,24-25,28-29,32H,8-11,14,17-23H2,1-7H3,(H,40,50)(H,41,49)(H,47,48);7-8,10-11,20-22,24-25,28H,9,12-19H2,1-6H3,(H,36,46)(H,37,45)(H,43,44)/t25-,28+,29-,32?;22-,24+,25-,28?/m00/s1/i;20D. The topological polar surface area (TPSA) is 387 Å². The predicted molar refractivity (Wildman–Crippen MR) is 368 cm³/mol. The minimum absolute atomic E-state index is 0.00456. The third kappa shape index (κ3) is 30.3. The summed E-state index contributed by atoms with van der Waals surface area (Å²) in [6.07, 6.45) is 0.151. The van der Waals surface area contributed by atoms with E-state index in [-0.39, 0.29) is 155 Å². The Labute approximate surface area is 588 Å². The summed E-state index contributed by atoms with van der Waals surface area (Å²) in [4.78, 5) is 202. The first-order valence-corrected chi connectivity index (χ1v) is 34.4. The van der Waals surface area contributed by atoms with Crippen LogP contribution < -0.4 is 21.3 Å². The maximum atomic E-state index is 13.3. The molecule has 0 bridgehead atoms. The number of carboxylic acids is 2. The van der Waals surface area contributed by atoms with Gasteiger partial charge in [-0.25, -0.2) is 0 Å². The third-order valence-corrected chi connectivity index (χ3v) is 17.6. The number of nitrogens with one attached hydrogen (secondary N) is 4. The molecule has 2 aliphatic rings. The van der Waals surface area contributed by atoms with Crippen LogP contribution in [0.2, 0.25) is 0 Å². The molecule has 0 aliphatic carbocycles. The number of likely N-dealkylation sites (tertiary alicyclic amines) is 2. The highest BCUT2D eigenvalue weighted by molar-refractivity contribution is 6.05. The molecule has 552 valence electrons. The van der Waals surface area contributed by atoms with Crippen LogP contribution in [-0.4, -0.2) is 140 Å². The fourth-order valence-corrected chi connectivity index (χ4v) is 11.7. The largest absolute Gasteiger partial charge is 0.481 e. The van der Waals surface area contributed by atoms with Gasteiger partial charge in [-0.1, -0.05) is 99.9 Å². The highest BCUT2D eigenvalue weighted by Gasteiger charge is 2.46. The van der Waals surface area contributed by atoms with E-state index in [2.05, 4.69) is 26.0 Å². The van der Waals surface area contributed by atoms with Crippen LogP contribution in [0.4, 0.5) is 11.4 Å². The van der Waals surface area contributed by atoms with E-state index >= 15 is 0 Å². The van der Waals surface area contributed by atoms with Crippen molar-refractivity contribution in [2.24, 2.45) is 58.2 Å². The maximum absolute atomic E-state index is 13.3. The van der Waals surface area contributed by atoms with E-state index < -0.39 is 107 Å². The Morgan fingerprint density at radius 2 is 0.920 bits per heavy atom. The van der Waals surface area contributed by atoms with Gasteiger partial charge in [0.1, 0.15) is 24.8 Å². The third-order valence-electron chi connectivity index (χ3n) is 17.6. The zero-order valence-corrected chi connectivity index (χ0v) is 60.4. The molecule has 0 spiro atoms. The number of amides is 8. The van der Waals surface area contributed by atoms with Crippen LogP contribution in [0.25, 0.3) is 0 Å². The van der Waals surface area contributed by atoms with Gasteiger partial charge in [-0.3, -0.25) is 86.5 Å². The van der Waals surface area contributed by atoms with Crippen LogP contribution >= 0.6 is 0 Å². The average molecular weight is 1400 g/mol. The highest BCUT2D eigenvalue weighted by Crippen LogP contribution is 2.37. The zero-order valence-electron chi connectivity index (χ0n) is 61.4. The molecule has 2 aromatic carbocycles. The Bertz CT molecular complexity index is 3280. The molecule has 8 atom stereocenters. The van der Waals surface area contributed by atoms with Gasteiger partial charge in [0, 0.05) is 119 Å². The molecule has 0 saturated carbocycles. The number of carbonyl (C=O) groups excluding carboxylic acids is 14. The smallest absolute Gasteiger partial charge is 0.303 e. The second kappa shape index (κ2) is 41.0. The lowest BCUT2D eigenvalue weighted by Gasteiger charge is -2.25. The van der Waals surface area contributed by atoms with Crippen LogP contribution in [0.5, 0.6) is 0 Å². The normalized spacial score (nSPS) is 16.6. The van der Waals surface area contributed by atoms with Crippen molar-refractivity contribution in [3.05, 3.63) is 59.7 Å². The van der Waals surface area contributed by atoms with E-state index in [0.717, 1.165) is 4.90 Å². The van der Waals surface area contributed by atoms with E-state index in [1.165, 1.54) is 37.8 Å². The summed E-state index contributed by atoms with van der Waals surface area (Å²) in [5, 5.41) is 29.2. The molecular weight excluding hydrogens is 1290 g/mol. The van der Waals surface area contributed by atoms with E-state index in [1.54, 1.807) is 36.4 Å².